The van der Waals surface area contributed by atoms with Gasteiger partial charge in [0.1, 0.15) is 6.61 Å². The second kappa shape index (κ2) is 8.85. The van der Waals surface area contributed by atoms with Crippen LogP contribution in [0.2, 0.25) is 0 Å². The van der Waals surface area contributed by atoms with Gasteiger partial charge < -0.3 is 19.4 Å². The Kier molecular flexibility index (Phi) is 7.12. The van der Waals surface area contributed by atoms with Crippen LogP contribution in [0.1, 0.15) is 33.1 Å². The molecule has 2 fully saturated rings. The number of carbonyl (C=O) groups is 1. The van der Waals surface area contributed by atoms with E-state index in [4.69, 9.17) is 4.74 Å². The number of ether oxygens (including phenoxy) is 1. The number of likely N-dealkylation sites (tertiary alicyclic amines) is 1. The van der Waals surface area contributed by atoms with Gasteiger partial charge in [0.25, 0.3) is 0 Å². The fourth-order valence-electron chi connectivity index (χ4n) is 3.63. The first-order valence-corrected chi connectivity index (χ1v) is 8.83. The molecule has 0 aromatic carbocycles. The van der Waals surface area contributed by atoms with Crippen LogP contribution < -0.4 is 0 Å². The molecular formula is C17H33N3O2. The molecule has 0 radical (unpaired) electrons. The van der Waals surface area contributed by atoms with E-state index in [1.807, 2.05) is 4.90 Å². The molecule has 2 rings (SSSR count). The molecule has 0 spiro atoms. The topological polar surface area (TPSA) is 36.0 Å². The van der Waals surface area contributed by atoms with Crippen molar-refractivity contribution in [2.75, 3.05) is 59.5 Å². The number of methoxy groups -OCH3 is 1. The minimum atomic E-state index is 0.134. The fraction of sp³-hybridized carbons (Fsp3) is 0.941. The standard InChI is InChI=1S/C17H33N3O2/c1-15(2)19-9-5-16(6-10-19)13-18-7-4-8-20(12-11-18)17(21)14-22-3/h15-16H,4-14H2,1-3H3. The highest BCUT2D eigenvalue weighted by molar-refractivity contribution is 5.77. The zero-order valence-corrected chi connectivity index (χ0v) is 14.6. The van der Waals surface area contributed by atoms with E-state index in [1.165, 1.54) is 32.5 Å². The summed E-state index contributed by atoms with van der Waals surface area (Å²) in [5.41, 5.74) is 0. The third kappa shape index (κ3) is 5.21. The smallest absolute Gasteiger partial charge is 0.248 e. The van der Waals surface area contributed by atoms with Gasteiger partial charge in [0.15, 0.2) is 0 Å². The summed E-state index contributed by atoms with van der Waals surface area (Å²) in [7, 11) is 1.59. The lowest BCUT2D eigenvalue weighted by Crippen LogP contribution is -2.42. The molecule has 1 amide bonds. The number of rotatable bonds is 5. The highest BCUT2D eigenvalue weighted by Crippen LogP contribution is 2.20. The van der Waals surface area contributed by atoms with Crippen LogP contribution in [0.4, 0.5) is 0 Å². The SMILES string of the molecule is COCC(=O)N1CCCN(CC2CCN(C(C)C)CC2)CC1. The predicted octanol–water partition coefficient (Wildman–Crippen LogP) is 1.29. The number of piperidine rings is 1. The Morgan fingerprint density at radius 1 is 1.09 bits per heavy atom. The Hall–Kier alpha value is -0.650. The molecule has 0 aliphatic carbocycles. The van der Waals surface area contributed by atoms with Gasteiger partial charge in [-0.05, 0) is 58.7 Å². The number of hydrogen-bond donors (Lipinski definition) is 0. The summed E-state index contributed by atoms with van der Waals surface area (Å²) in [5.74, 6) is 0.964. The van der Waals surface area contributed by atoms with E-state index in [2.05, 4.69) is 23.6 Å². The van der Waals surface area contributed by atoms with Crippen molar-refractivity contribution in [2.24, 2.45) is 5.92 Å². The van der Waals surface area contributed by atoms with Gasteiger partial charge in [0.05, 0.1) is 0 Å². The van der Waals surface area contributed by atoms with Crippen molar-refractivity contribution in [1.82, 2.24) is 14.7 Å². The summed E-state index contributed by atoms with van der Waals surface area (Å²) in [6, 6.07) is 0.680. The first-order chi connectivity index (χ1) is 10.6. The quantitative estimate of drug-likeness (QED) is 0.766. The molecule has 0 aromatic heterocycles. The molecule has 2 aliphatic heterocycles. The highest BCUT2D eigenvalue weighted by Gasteiger charge is 2.24. The molecule has 0 bridgehead atoms. The Balaban J connectivity index is 1.72. The van der Waals surface area contributed by atoms with Gasteiger partial charge in [-0.1, -0.05) is 0 Å². The van der Waals surface area contributed by atoms with Gasteiger partial charge in [-0.2, -0.15) is 0 Å². The van der Waals surface area contributed by atoms with Gasteiger partial charge in [0, 0.05) is 39.3 Å². The van der Waals surface area contributed by atoms with Crippen LogP contribution in [-0.2, 0) is 9.53 Å². The van der Waals surface area contributed by atoms with Crippen LogP contribution in [0, 0.1) is 5.92 Å². The Bertz CT molecular complexity index is 341. The van der Waals surface area contributed by atoms with E-state index < -0.39 is 0 Å². The molecule has 0 saturated carbocycles. The lowest BCUT2D eigenvalue weighted by molar-refractivity contribution is -0.135. The molecule has 5 nitrogen and oxygen atoms in total. The van der Waals surface area contributed by atoms with Crippen LogP contribution in [0.3, 0.4) is 0 Å². The third-order valence-corrected chi connectivity index (χ3v) is 5.10. The van der Waals surface area contributed by atoms with Crippen molar-refractivity contribution in [3.8, 4) is 0 Å². The second-order valence-corrected chi connectivity index (χ2v) is 7.04. The van der Waals surface area contributed by atoms with Crippen molar-refractivity contribution in [2.45, 2.75) is 39.2 Å². The van der Waals surface area contributed by atoms with E-state index in [9.17, 15) is 4.79 Å². The molecule has 2 aliphatic rings. The lowest BCUT2D eigenvalue weighted by atomic mass is 9.95. The predicted molar refractivity (Wildman–Crippen MR) is 88.9 cm³/mol. The number of carbonyl (C=O) groups excluding carboxylic acids is 1. The third-order valence-electron chi connectivity index (χ3n) is 5.10. The van der Waals surface area contributed by atoms with E-state index in [1.54, 1.807) is 7.11 Å². The van der Waals surface area contributed by atoms with E-state index in [0.717, 1.165) is 38.5 Å². The molecule has 5 heteroatoms. The van der Waals surface area contributed by atoms with Crippen molar-refractivity contribution in [3.05, 3.63) is 0 Å². The summed E-state index contributed by atoms with van der Waals surface area (Å²) in [6.45, 7) is 12.4. The number of amides is 1. The maximum absolute atomic E-state index is 11.9. The van der Waals surface area contributed by atoms with Crippen LogP contribution >= 0.6 is 0 Å². The van der Waals surface area contributed by atoms with E-state index in [0.29, 0.717) is 6.04 Å². The largest absolute Gasteiger partial charge is 0.375 e. The van der Waals surface area contributed by atoms with Gasteiger partial charge in [-0.15, -0.1) is 0 Å². The van der Waals surface area contributed by atoms with E-state index in [-0.39, 0.29) is 12.5 Å². The minimum Gasteiger partial charge on any atom is -0.375 e. The zero-order chi connectivity index (χ0) is 15.9. The summed E-state index contributed by atoms with van der Waals surface area (Å²) >= 11 is 0. The summed E-state index contributed by atoms with van der Waals surface area (Å²) in [4.78, 5) is 19.0. The van der Waals surface area contributed by atoms with Crippen molar-refractivity contribution in [3.63, 3.8) is 0 Å². The monoisotopic (exact) mass is 311 g/mol. The van der Waals surface area contributed by atoms with Gasteiger partial charge in [-0.3, -0.25) is 4.79 Å². The maximum Gasteiger partial charge on any atom is 0.248 e. The Morgan fingerprint density at radius 2 is 1.82 bits per heavy atom. The molecule has 0 aromatic rings. The molecule has 2 heterocycles. The minimum absolute atomic E-state index is 0.134. The van der Waals surface area contributed by atoms with Crippen molar-refractivity contribution < 1.29 is 9.53 Å². The fourth-order valence-corrected chi connectivity index (χ4v) is 3.63. The average molecular weight is 311 g/mol. The van der Waals surface area contributed by atoms with Gasteiger partial charge in [0.2, 0.25) is 5.91 Å². The summed E-state index contributed by atoms with van der Waals surface area (Å²) in [6.07, 6.45) is 3.72. The normalized spacial score (nSPS) is 23.0. The number of nitrogens with zero attached hydrogens (tertiary/aromatic N) is 3. The van der Waals surface area contributed by atoms with Crippen LogP contribution in [0.25, 0.3) is 0 Å². The molecule has 2 saturated heterocycles. The molecule has 0 unspecified atom stereocenters. The zero-order valence-electron chi connectivity index (χ0n) is 14.6. The van der Waals surface area contributed by atoms with Crippen molar-refractivity contribution in [1.29, 1.82) is 0 Å². The van der Waals surface area contributed by atoms with E-state index >= 15 is 0 Å². The molecule has 22 heavy (non-hydrogen) atoms. The Labute approximate surface area is 135 Å². The van der Waals surface area contributed by atoms with Crippen LogP contribution in [-0.4, -0.2) is 86.2 Å². The van der Waals surface area contributed by atoms with Crippen LogP contribution in [0.5, 0.6) is 0 Å². The van der Waals surface area contributed by atoms with Gasteiger partial charge >= 0.3 is 0 Å². The molecule has 0 atom stereocenters. The maximum atomic E-state index is 11.9. The second-order valence-electron chi connectivity index (χ2n) is 7.04. The number of hydrogen-bond acceptors (Lipinski definition) is 4. The van der Waals surface area contributed by atoms with Gasteiger partial charge in [-0.25, -0.2) is 0 Å². The highest BCUT2D eigenvalue weighted by atomic mass is 16.5. The molecule has 128 valence electrons. The Morgan fingerprint density at radius 3 is 2.45 bits per heavy atom. The molecular weight excluding hydrogens is 278 g/mol. The van der Waals surface area contributed by atoms with Crippen LogP contribution in [0.15, 0.2) is 0 Å². The summed E-state index contributed by atoms with van der Waals surface area (Å²) < 4.78 is 4.97. The first kappa shape index (κ1) is 17.7. The first-order valence-electron chi connectivity index (χ1n) is 8.83. The summed E-state index contributed by atoms with van der Waals surface area (Å²) in [5, 5.41) is 0. The molecule has 0 N–H and O–H groups in total. The lowest BCUT2D eigenvalue weighted by Gasteiger charge is -2.36. The van der Waals surface area contributed by atoms with Crippen molar-refractivity contribution >= 4 is 5.91 Å². The average Bonchev–Trinajstić information content (AvgIpc) is 2.74.